The summed E-state index contributed by atoms with van der Waals surface area (Å²) in [5.74, 6) is -0.344. The van der Waals surface area contributed by atoms with E-state index in [1.165, 1.54) is 43.3 Å². The predicted octanol–water partition coefficient (Wildman–Crippen LogP) is 5.55. The fourth-order valence-corrected chi connectivity index (χ4v) is 5.89. The number of amides is 1. The zero-order chi connectivity index (χ0) is 23.8. The second-order valence-electron chi connectivity index (χ2n) is 10.2. The molecule has 1 amide bonds. The van der Waals surface area contributed by atoms with Gasteiger partial charge in [-0.15, -0.1) is 0 Å². The zero-order valence-corrected chi connectivity index (χ0v) is 20.3. The first kappa shape index (κ1) is 22.5. The zero-order valence-electron chi connectivity index (χ0n) is 20.3. The minimum absolute atomic E-state index is 0.0379. The fraction of sp³-hybridized carbons (Fsp3) is 0.414. The molecule has 0 atom stereocenters. The topological polar surface area (TPSA) is 31.7 Å². The molecular formula is C29H33FN4O. The van der Waals surface area contributed by atoms with Gasteiger partial charge in [0.05, 0.1) is 19.0 Å². The van der Waals surface area contributed by atoms with E-state index in [9.17, 15) is 9.18 Å². The maximum Gasteiger partial charge on any atom is 0.260 e. The number of fused-ring (bicyclic) bond motifs is 2. The van der Waals surface area contributed by atoms with Crippen LogP contribution >= 0.6 is 0 Å². The van der Waals surface area contributed by atoms with Crippen LogP contribution in [0.1, 0.15) is 49.7 Å². The summed E-state index contributed by atoms with van der Waals surface area (Å²) < 4.78 is 16.6. The molecule has 0 aliphatic carbocycles. The maximum absolute atomic E-state index is 14.3. The van der Waals surface area contributed by atoms with Crippen molar-refractivity contribution in [2.24, 2.45) is 0 Å². The highest BCUT2D eigenvalue weighted by molar-refractivity contribution is 6.36. The molecule has 0 radical (unpaired) electrons. The quantitative estimate of drug-likeness (QED) is 0.456. The summed E-state index contributed by atoms with van der Waals surface area (Å²) in [6.07, 6.45) is 11.6. The third-order valence-electron chi connectivity index (χ3n) is 7.73. The average Bonchev–Trinajstić information content (AvgIpc) is 3.35. The average molecular weight is 473 g/mol. The second kappa shape index (κ2) is 9.59. The van der Waals surface area contributed by atoms with Gasteiger partial charge in [0.25, 0.3) is 5.91 Å². The number of likely N-dealkylation sites (tertiary alicyclic amines) is 2. The summed E-state index contributed by atoms with van der Waals surface area (Å²) in [6.45, 7) is 5.61. The highest BCUT2D eigenvalue weighted by atomic mass is 19.1. The molecule has 0 saturated carbocycles. The van der Waals surface area contributed by atoms with E-state index in [-0.39, 0.29) is 11.7 Å². The number of halogens is 1. The number of piperidine rings is 2. The van der Waals surface area contributed by atoms with Crippen molar-refractivity contribution < 1.29 is 9.18 Å². The van der Waals surface area contributed by atoms with Crippen molar-refractivity contribution in [1.82, 2.24) is 14.4 Å². The molecule has 0 unspecified atom stereocenters. The first-order chi connectivity index (χ1) is 17.2. The normalized spacial score (nSPS) is 20.8. The minimum Gasteiger partial charge on any atom is -0.333 e. The number of hydrogen-bond acceptors (Lipinski definition) is 3. The van der Waals surface area contributed by atoms with E-state index in [1.807, 2.05) is 6.08 Å². The van der Waals surface area contributed by atoms with E-state index in [2.05, 4.69) is 44.8 Å². The van der Waals surface area contributed by atoms with Gasteiger partial charge in [0.2, 0.25) is 0 Å². The number of benzene rings is 2. The molecule has 6 rings (SSSR count). The molecule has 2 saturated heterocycles. The molecule has 3 aliphatic rings. The van der Waals surface area contributed by atoms with E-state index < -0.39 is 0 Å². The summed E-state index contributed by atoms with van der Waals surface area (Å²) in [4.78, 5) is 20.3. The molecule has 4 heterocycles. The van der Waals surface area contributed by atoms with Crippen molar-refractivity contribution >= 4 is 34.1 Å². The molecule has 2 aromatic carbocycles. The van der Waals surface area contributed by atoms with Gasteiger partial charge >= 0.3 is 0 Å². The van der Waals surface area contributed by atoms with Crippen LogP contribution in [-0.4, -0.2) is 53.1 Å². The Bertz CT molecular complexity index is 1270. The number of nitrogens with zero attached hydrogens (tertiary/aromatic N) is 4. The van der Waals surface area contributed by atoms with Crippen LogP contribution in [0, 0.1) is 5.82 Å². The van der Waals surface area contributed by atoms with Crippen LogP contribution in [0.3, 0.4) is 0 Å². The van der Waals surface area contributed by atoms with Crippen LogP contribution in [0.2, 0.25) is 0 Å². The number of carbonyl (C=O) groups is 1. The van der Waals surface area contributed by atoms with Gasteiger partial charge in [-0.25, -0.2) is 4.39 Å². The number of hydrogen-bond donors (Lipinski definition) is 0. The number of carbonyl (C=O) groups excluding carboxylic acids is 1. The van der Waals surface area contributed by atoms with Gasteiger partial charge in [-0.3, -0.25) is 19.5 Å². The van der Waals surface area contributed by atoms with Crippen LogP contribution in [0.4, 0.5) is 10.1 Å². The molecule has 5 nitrogen and oxygen atoms in total. The first-order valence-corrected chi connectivity index (χ1v) is 13.0. The third kappa shape index (κ3) is 4.41. The minimum atomic E-state index is -0.306. The van der Waals surface area contributed by atoms with Crippen molar-refractivity contribution in [3.8, 4) is 0 Å². The predicted molar refractivity (Wildman–Crippen MR) is 139 cm³/mol. The lowest BCUT2D eigenvalue weighted by Crippen LogP contribution is -2.42. The van der Waals surface area contributed by atoms with Crippen LogP contribution < -0.4 is 4.90 Å². The number of para-hydroxylation sites is 1. The van der Waals surface area contributed by atoms with Crippen molar-refractivity contribution in [1.29, 1.82) is 0 Å². The molecule has 0 N–H and O–H groups in total. The Hall–Kier alpha value is -2.96. The van der Waals surface area contributed by atoms with Crippen LogP contribution in [-0.2, 0) is 11.5 Å². The number of aromatic nitrogens is 1. The van der Waals surface area contributed by atoms with Crippen LogP contribution in [0.15, 0.2) is 48.7 Å². The lowest BCUT2D eigenvalue weighted by Gasteiger charge is -2.30. The molecule has 6 heteroatoms. The van der Waals surface area contributed by atoms with E-state index in [0.717, 1.165) is 62.2 Å². The highest BCUT2D eigenvalue weighted by Gasteiger charge is 2.34. The number of anilines is 1. The molecule has 3 aliphatic heterocycles. The van der Waals surface area contributed by atoms with Gasteiger partial charge in [0.15, 0.2) is 0 Å². The maximum atomic E-state index is 14.3. The van der Waals surface area contributed by atoms with Crippen LogP contribution in [0.5, 0.6) is 0 Å². The SMILES string of the molecule is O=C1/C(=C/c2cn(CN3CCCCC3)c3ccccc23)c2ccc(F)cc2N1CN1CCCCC1. The first-order valence-electron chi connectivity index (χ1n) is 13.0. The summed E-state index contributed by atoms with van der Waals surface area (Å²) in [7, 11) is 0. The summed E-state index contributed by atoms with van der Waals surface area (Å²) in [6, 6.07) is 13.1. The van der Waals surface area contributed by atoms with Gasteiger partial charge in [-0.05, 0) is 82.2 Å². The van der Waals surface area contributed by atoms with Gasteiger partial charge in [-0.1, -0.05) is 31.0 Å². The number of rotatable bonds is 5. The van der Waals surface area contributed by atoms with E-state index in [1.54, 1.807) is 11.0 Å². The Kier molecular flexibility index (Phi) is 6.17. The lowest BCUT2D eigenvalue weighted by molar-refractivity contribution is -0.113. The van der Waals surface area contributed by atoms with Crippen molar-refractivity contribution in [2.75, 3.05) is 37.7 Å². The summed E-state index contributed by atoms with van der Waals surface area (Å²) in [5.41, 5.74) is 4.37. The molecule has 35 heavy (non-hydrogen) atoms. The summed E-state index contributed by atoms with van der Waals surface area (Å²) >= 11 is 0. The molecule has 182 valence electrons. The van der Waals surface area contributed by atoms with Gasteiger partial charge < -0.3 is 4.57 Å². The summed E-state index contributed by atoms with van der Waals surface area (Å²) in [5, 5.41) is 1.14. The lowest BCUT2D eigenvalue weighted by atomic mass is 10.0. The van der Waals surface area contributed by atoms with Gasteiger partial charge in [-0.2, -0.15) is 0 Å². The largest absolute Gasteiger partial charge is 0.333 e. The van der Waals surface area contributed by atoms with Crippen molar-refractivity contribution in [3.05, 3.63) is 65.6 Å². The molecular weight excluding hydrogens is 439 g/mol. The molecule has 2 fully saturated rings. The Morgan fingerprint density at radius 1 is 0.829 bits per heavy atom. The Labute approximate surface area is 206 Å². The Morgan fingerprint density at radius 3 is 2.26 bits per heavy atom. The van der Waals surface area contributed by atoms with Gasteiger partial charge in [0.1, 0.15) is 5.82 Å². The smallest absolute Gasteiger partial charge is 0.260 e. The second-order valence-corrected chi connectivity index (χ2v) is 10.2. The Morgan fingerprint density at radius 2 is 1.51 bits per heavy atom. The van der Waals surface area contributed by atoms with E-state index >= 15 is 0 Å². The Balaban J connectivity index is 1.37. The third-order valence-corrected chi connectivity index (χ3v) is 7.73. The molecule has 0 spiro atoms. The van der Waals surface area contributed by atoms with E-state index in [4.69, 9.17) is 0 Å². The molecule has 0 bridgehead atoms. The van der Waals surface area contributed by atoms with E-state index in [0.29, 0.717) is 17.9 Å². The van der Waals surface area contributed by atoms with Crippen molar-refractivity contribution in [2.45, 2.75) is 45.2 Å². The molecule has 1 aromatic heterocycles. The monoisotopic (exact) mass is 472 g/mol. The molecule has 3 aromatic rings. The van der Waals surface area contributed by atoms with Crippen LogP contribution in [0.25, 0.3) is 22.6 Å². The highest BCUT2D eigenvalue weighted by Crippen LogP contribution is 2.39. The fourth-order valence-electron chi connectivity index (χ4n) is 5.89. The van der Waals surface area contributed by atoms with Crippen molar-refractivity contribution in [3.63, 3.8) is 0 Å². The van der Waals surface area contributed by atoms with Gasteiger partial charge in [0, 0.05) is 33.8 Å². The standard InChI is InChI=1S/C29H33FN4O/c30-23-11-12-25-26(29(35)34(28(25)18-23)21-32-15-7-2-8-16-32)17-22-19-33(20-31-13-5-1-6-14-31)27-10-4-3-9-24(22)27/h3-4,9-12,17-19H,1-2,5-8,13-16,20-21H2/b26-17+.